The second kappa shape index (κ2) is 15.2. The second-order valence-corrected chi connectivity index (χ2v) is 7.32. The van der Waals surface area contributed by atoms with Crippen LogP contribution in [0, 0.1) is 0 Å². The summed E-state index contributed by atoms with van der Waals surface area (Å²) in [7, 11) is -0.871. The van der Waals surface area contributed by atoms with E-state index in [1.807, 2.05) is 0 Å². The molecule has 0 aliphatic carbocycles. The van der Waals surface area contributed by atoms with Crippen LogP contribution in [0.25, 0.3) is 0 Å². The van der Waals surface area contributed by atoms with Gasteiger partial charge in [0.1, 0.15) is 12.3 Å². The minimum Gasteiger partial charge on any atom is -0.0748 e. The van der Waals surface area contributed by atoms with Crippen LogP contribution in [0.5, 0.6) is 0 Å². The van der Waals surface area contributed by atoms with Crippen molar-refractivity contribution in [3.63, 3.8) is 0 Å². The van der Waals surface area contributed by atoms with Crippen LogP contribution in [0.2, 0.25) is 0 Å². The van der Waals surface area contributed by atoms with Crippen LogP contribution in [0.15, 0.2) is 0 Å². The Morgan fingerprint density at radius 3 is 1.44 bits per heavy atom. The molecule has 0 N–H and O–H groups in total. The highest BCUT2D eigenvalue weighted by Gasteiger charge is 2.12. The molecule has 0 saturated carbocycles. The molecule has 1 unspecified atom stereocenters. The van der Waals surface area contributed by atoms with E-state index in [1.165, 1.54) is 70.6 Å². The van der Waals surface area contributed by atoms with Gasteiger partial charge in [-0.15, -0.1) is 0 Å². The van der Waals surface area contributed by atoms with Crippen molar-refractivity contribution in [1.29, 1.82) is 0 Å². The standard InChI is InChI=1S/C16H34OP/c1-3-5-7-8-9-10-11-12-13-14-16-18(17)15-6-4-2/h3-16H2,1-2H3/q+1. The average Bonchev–Trinajstić information content (AvgIpc) is 2.38. The molecule has 0 aromatic rings. The van der Waals surface area contributed by atoms with E-state index >= 15 is 0 Å². The number of hydrogen-bond acceptors (Lipinski definition) is 1. The normalized spacial score (nSPS) is 11.8. The lowest BCUT2D eigenvalue weighted by atomic mass is 10.1. The summed E-state index contributed by atoms with van der Waals surface area (Å²) in [5, 5.41) is 0. The molecular weight excluding hydrogens is 239 g/mol. The second-order valence-electron chi connectivity index (χ2n) is 5.46. The maximum atomic E-state index is 11.6. The first-order valence-electron chi connectivity index (χ1n) is 8.23. The lowest BCUT2D eigenvalue weighted by Crippen LogP contribution is -1.86. The summed E-state index contributed by atoms with van der Waals surface area (Å²) < 4.78 is 11.6. The van der Waals surface area contributed by atoms with Crippen molar-refractivity contribution in [1.82, 2.24) is 0 Å². The third-order valence-electron chi connectivity index (χ3n) is 3.52. The molecule has 2 heteroatoms. The maximum absolute atomic E-state index is 11.6. The van der Waals surface area contributed by atoms with E-state index in [0.29, 0.717) is 0 Å². The van der Waals surface area contributed by atoms with Crippen molar-refractivity contribution in [2.24, 2.45) is 0 Å². The molecule has 18 heavy (non-hydrogen) atoms. The molecule has 0 aliphatic rings. The van der Waals surface area contributed by atoms with Crippen molar-refractivity contribution >= 4 is 7.80 Å². The van der Waals surface area contributed by atoms with Crippen molar-refractivity contribution < 1.29 is 4.57 Å². The van der Waals surface area contributed by atoms with Crippen molar-refractivity contribution in [3.05, 3.63) is 0 Å². The topological polar surface area (TPSA) is 17.1 Å². The minimum atomic E-state index is -0.871. The summed E-state index contributed by atoms with van der Waals surface area (Å²) in [5.74, 6) is 0. The summed E-state index contributed by atoms with van der Waals surface area (Å²) in [6, 6.07) is 0. The lowest BCUT2D eigenvalue weighted by molar-refractivity contribution is 0.558. The van der Waals surface area contributed by atoms with E-state index in [0.717, 1.165) is 18.7 Å². The quantitative estimate of drug-likeness (QED) is 0.259. The maximum Gasteiger partial charge on any atom is 0.338 e. The molecule has 0 aromatic carbocycles. The summed E-state index contributed by atoms with van der Waals surface area (Å²) >= 11 is 0. The van der Waals surface area contributed by atoms with Gasteiger partial charge in [-0.25, -0.2) is 0 Å². The average molecular weight is 273 g/mol. The van der Waals surface area contributed by atoms with Gasteiger partial charge in [-0.1, -0.05) is 76.2 Å². The zero-order valence-corrected chi connectivity index (χ0v) is 13.6. The molecule has 0 saturated heterocycles. The van der Waals surface area contributed by atoms with Gasteiger partial charge in [0.15, 0.2) is 0 Å². The number of unbranched alkanes of at least 4 members (excludes halogenated alkanes) is 10. The zero-order chi connectivity index (χ0) is 13.5. The molecule has 0 aliphatic heterocycles. The summed E-state index contributed by atoms with van der Waals surface area (Å²) in [6.45, 7) is 4.44. The van der Waals surface area contributed by atoms with Crippen molar-refractivity contribution in [3.8, 4) is 0 Å². The van der Waals surface area contributed by atoms with Crippen molar-refractivity contribution in [2.75, 3.05) is 12.3 Å². The minimum absolute atomic E-state index is 0.871. The fraction of sp³-hybridized carbons (Fsp3) is 1.00. The van der Waals surface area contributed by atoms with E-state index in [1.54, 1.807) is 0 Å². The number of hydrogen-bond donors (Lipinski definition) is 0. The highest BCUT2D eigenvalue weighted by Crippen LogP contribution is 2.24. The van der Waals surface area contributed by atoms with Crippen LogP contribution in [0.1, 0.15) is 90.9 Å². The van der Waals surface area contributed by atoms with Crippen LogP contribution in [-0.4, -0.2) is 12.3 Å². The first-order chi connectivity index (χ1) is 8.81. The van der Waals surface area contributed by atoms with Gasteiger partial charge >= 0.3 is 7.80 Å². The summed E-state index contributed by atoms with van der Waals surface area (Å²) in [4.78, 5) is 0. The molecule has 108 valence electrons. The van der Waals surface area contributed by atoms with Gasteiger partial charge in [0.05, 0.1) is 0 Å². The Kier molecular flexibility index (Phi) is 15.2. The SMILES string of the molecule is CCCCCCCCCCCC[P+](=O)CCCC. The van der Waals surface area contributed by atoms with Crippen LogP contribution < -0.4 is 0 Å². The van der Waals surface area contributed by atoms with Gasteiger partial charge in [0.2, 0.25) is 0 Å². The Morgan fingerprint density at radius 1 is 0.556 bits per heavy atom. The molecule has 0 fully saturated rings. The first kappa shape index (κ1) is 18.1. The highest BCUT2D eigenvalue weighted by molar-refractivity contribution is 7.44. The fourth-order valence-corrected chi connectivity index (χ4v) is 3.69. The summed E-state index contributed by atoms with van der Waals surface area (Å²) in [5.41, 5.74) is 0. The predicted molar refractivity (Wildman–Crippen MR) is 84.1 cm³/mol. The number of rotatable bonds is 14. The van der Waals surface area contributed by atoms with E-state index in [-0.39, 0.29) is 0 Å². The molecule has 1 atom stereocenters. The summed E-state index contributed by atoms with van der Waals surface area (Å²) in [6.07, 6.45) is 17.9. The fourth-order valence-electron chi connectivity index (χ4n) is 2.22. The Balaban J connectivity index is 3.04. The molecule has 0 amide bonds. The third-order valence-corrected chi connectivity index (χ3v) is 5.15. The Hall–Kier alpha value is 0.100. The Labute approximate surface area is 116 Å². The molecule has 0 aromatic heterocycles. The largest absolute Gasteiger partial charge is 0.338 e. The zero-order valence-electron chi connectivity index (χ0n) is 12.8. The molecule has 0 rings (SSSR count). The van der Waals surface area contributed by atoms with Crippen molar-refractivity contribution in [2.45, 2.75) is 90.9 Å². The van der Waals surface area contributed by atoms with Crippen LogP contribution in [-0.2, 0) is 4.57 Å². The van der Waals surface area contributed by atoms with Gasteiger partial charge in [-0.3, -0.25) is 0 Å². The molecular formula is C16H34OP+. The van der Waals surface area contributed by atoms with Gasteiger partial charge in [0, 0.05) is 0 Å². The molecule has 0 bridgehead atoms. The Morgan fingerprint density at radius 2 is 0.944 bits per heavy atom. The van der Waals surface area contributed by atoms with E-state index in [2.05, 4.69) is 13.8 Å². The first-order valence-corrected chi connectivity index (χ1v) is 9.86. The van der Waals surface area contributed by atoms with Gasteiger partial charge in [-0.2, -0.15) is 0 Å². The monoisotopic (exact) mass is 273 g/mol. The smallest absolute Gasteiger partial charge is 0.0748 e. The molecule has 0 heterocycles. The van der Waals surface area contributed by atoms with Crippen LogP contribution in [0.3, 0.4) is 0 Å². The van der Waals surface area contributed by atoms with E-state index in [9.17, 15) is 4.57 Å². The van der Waals surface area contributed by atoms with Gasteiger partial charge in [-0.05, 0) is 19.3 Å². The van der Waals surface area contributed by atoms with Gasteiger partial charge in [0.25, 0.3) is 0 Å². The molecule has 0 radical (unpaired) electrons. The predicted octanol–water partition coefficient (Wildman–Crippen LogP) is 6.53. The highest BCUT2D eigenvalue weighted by atomic mass is 31.1. The van der Waals surface area contributed by atoms with E-state index < -0.39 is 7.80 Å². The third kappa shape index (κ3) is 14.2. The molecule has 1 nitrogen and oxygen atoms in total. The molecule has 0 spiro atoms. The van der Waals surface area contributed by atoms with Crippen LogP contribution >= 0.6 is 7.80 Å². The Bertz CT molecular complexity index is 180. The van der Waals surface area contributed by atoms with Gasteiger partial charge < -0.3 is 0 Å². The van der Waals surface area contributed by atoms with E-state index in [4.69, 9.17) is 0 Å². The van der Waals surface area contributed by atoms with Crippen LogP contribution in [0.4, 0.5) is 0 Å². The lowest BCUT2D eigenvalue weighted by Gasteiger charge is -2.00.